The normalized spacial score (nSPS) is 11.6. The topological polar surface area (TPSA) is 35.6 Å². The second-order valence-electron chi connectivity index (χ2n) is 5.03. The molecule has 4 nitrogen and oxygen atoms in total. The maximum absolute atomic E-state index is 4.23. The zero-order valence-electron chi connectivity index (χ0n) is 11.0. The highest BCUT2D eigenvalue weighted by Gasteiger charge is 2.10. The Morgan fingerprint density at radius 1 is 0.882 bits per heavy atom. The minimum absolute atomic E-state index is 0.489. The van der Waals surface area contributed by atoms with Crippen molar-refractivity contribution >= 4 is 0 Å². The Labute approximate surface area is 102 Å². The summed E-state index contributed by atoms with van der Waals surface area (Å²) in [6.07, 6.45) is 7.66. The smallest absolute Gasteiger partial charge is 0.101 e. The van der Waals surface area contributed by atoms with Crippen LogP contribution < -0.4 is 0 Å². The third-order valence-electron chi connectivity index (χ3n) is 2.98. The fourth-order valence-electron chi connectivity index (χ4n) is 2.02. The van der Waals surface area contributed by atoms with Crippen molar-refractivity contribution in [3.8, 4) is 0 Å². The summed E-state index contributed by atoms with van der Waals surface area (Å²) < 4.78 is 4.36. The van der Waals surface area contributed by atoms with Crippen molar-refractivity contribution in [1.82, 2.24) is 19.1 Å². The molecule has 2 heterocycles. The van der Waals surface area contributed by atoms with Crippen molar-refractivity contribution in [3.05, 3.63) is 36.4 Å². The van der Waals surface area contributed by atoms with Gasteiger partial charge in [0.1, 0.15) is 6.67 Å². The molecule has 0 saturated carbocycles. The molecular formula is C13H20N4. The number of rotatable bonds is 4. The molecule has 2 aromatic rings. The van der Waals surface area contributed by atoms with Crippen LogP contribution in [0.15, 0.2) is 25.0 Å². The lowest BCUT2D eigenvalue weighted by Gasteiger charge is -2.15. The van der Waals surface area contributed by atoms with Gasteiger partial charge in [0, 0.05) is 23.8 Å². The van der Waals surface area contributed by atoms with Crippen LogP contribution in [-0.4, -0.2) is 19.1 Å². The number of imidazole rings is 2. The van der Waals surface area contributed by atoms with Crippen molar-refractivity contribution in [2.45, 2.75) is 46.2 Å². The Morgan fingerprint density at radius 2 is 1.29 bits per heavy atom. The number of aromatic nitrogens is 4. The van der Waals surface area contributed by atoms with Gasteiger partial charge in [-0.25, -0.2) is 9.97 Å². The molecule has 0 aliphatic heterocycles. The zero-order valence-corrected chi connectivity index (χ0v) is 11.0. The van der Waals surface area contributed by atoms with E-state index in [2.05, 4.69) is 46.8 Å². The van der Waals surface area contributed by atoms with Crippen LogP contribution in [0.3, 0.4) is 0 Å². The SMILES string of the molecule is CC(C)c1cncn1Cn1cncc1C(C)C. The van der Waals surface area contributed by atoms with Crippen LogP contribution in [0.5, 0.6) is 0 Å². The molecule has 0 aliphatic rings. The molecule has 0 spiro atoms. The Kier molecular flexibility index (Phi) is 3.31. The number of hydrogen-bond donors (Lipinski definition) is 0. The third kappa shape index (κ3) is 2.40. The number of hydrogen-bond acceptors (Lipinski definition) is 2. The highest BCUT2D eigenvalue weighted by molar-refractivity contribution is 5.07. The van der Waals surface area contributed by atoms with Crippen molar-refractivity contribution < 1.29 is 0 Å². The molecular weight excluding hydrogens is 212 g/mol. The zero-order chi connectivity index (χ0) is 12.4. The summed E-state index contributed by atoms with van der Waals surface area (Å²) in [6, 6.07) is 0. The summed E-state index contributed by atoms with van der Waals surface area (Å²) in [6.45, 7) is 9.53. The Balaban J connectivity index is 2.25. The van der Waals surface area contributed by atoms with E-state index in [1.165, 1.54) is 11.4 Å². The number of nitrogens with zero attached hydrogens (tertiary/aromatic N) is 4. The third-order valence-corrected chi connectivity index (χ3v) is 2.98. The second-order valence-corrected chi connectivity index (χ2v) is 5.03. The molecule has 0 atom stereocenters. The van der Waals surface area contributed by atoms with Crippen molar-refractivity contribution in [1.29, 1.82) is 0 Å². The van der Waals surface area contributed by atoms with E-state index in [1.54, 1.807) is 0 Å². The molecule has 4 heteroatoms. The van der Waals surface area contributed by atoms with Crippen molar-refractivity contribution in [2.75, 3.05) is 0 Å². The maximum Gasteiger partial charge on any atom is 0.101 e. The largest absolute Gasteiger partial charge is 0.316 e. The predicted molar refractivity (Wildman–Crippen MR) is 68.0 cm³/mol. The molecule has 0 unspecified atom stereocenters. The summed E-state index contributed by atoms with van der Waals surface area (Å²) in [4.78, 5) is 8.46. The van der Waals surface area contributed by atoms with Crippen LogP contribution in [0.25, 0.3) is 0 Å². The summed E-state index contributed by atoms with van der Waals surface area (Å²) in [5, 5.41) is 0. The summed E-state index contributed by atoms with van der Waals surface area (Å²) in [5.41, 5.74) is 2.52. The minimum Gasteiger partial charge on any atom is -0.316 e. The van der Waals surface area contributed by atoms with Gasteiger partial charge in [0.15, 0.2) is 0 Å². The van der Waals surface area contributed by atoms with E-state index in [-0.39, 0.29) is 0 Å². The molecule has 0 fully saturated rings. The van der Waals surface area contributed by atoms with Gasteiger partial charge in [-0.3, -0.25) is 0 Å². The predicted octanol–water partition coefficient (Wildman–Crippen LogP) is 2.83. The van der Waals surface area contributed by atoms with Gasteiger partial charge in [0.2, 0.25) is 0 Å². The summed E-state index contributed by atoms with van der Waals surface area (Å²) >= 11 is 0. The lowest BCUT2D eigenvalue weighted by atomic mass is 10.1. The van der Waals surface area contributed by atoms with Crippen LogP contribution in [0.1, 0.15) is 50.9 Å². The van der Waals surface area contributed by atoms with Crippen LogP contribution >= 0.6 is 0 Å². The van der Waals surface area contributed by atoms with Gasteiger partial charge >= 0.3 is 0 Å². The lowest BCUT2D eigenvalue weighted by Crippen LogP contribution is -2.13. The molecule has 0 saturated heterocycles. The van der Waals surface area contributed by atoms with Gasteiger partial charge in [-0.2, -0.15) is 0 Å². The molecule has 0 radical (unpaired) electrons. The molecule has 2 rings (SSSR count). The first-order chi connectivity index (χ1) is 8.09. The average molecular weight is 232 g/mol. The lowest BCUT2D eigenvalue weighted by molar-refractivity contribution is 0.543. The molecule has 17 heavy (non-hydrogen) atoms. The maximum atomic E-state index is 4.23. The van der Waals surface area contributed by atoms with Gasteiger partial charge < -0.3 is 9.13 Å². The second kappa shape index (κ2) is 4.73. The molecule has 0 aromatic carbocycles. The first-order valence-electron chi connectivity index (χ1n) is 6.09. The average Bonchev–Trinajstić information content (AvgIpc) is 2.86. The molecule has 92 valence electrons. The van der Waals surface area contributed by atoms with E-state index in [1.807, 2.05) is 25.0 Å². The van der Waals surface area contributed by atoms with Crippen molar-refractivity contribution in [2.24, 2.45) is 0 Å². The first kappa shape index (κ1) is 11.9. The fourth-order valence-corrected chi connectivity index (χ4v) is 2.02. The van der Waals surface area contributed by atoms with Crippen molar-refractivity contribution in [3.63, 3.8) is 0 Å². The van der Waals surface area contributed by atoms with Crippen LogP contribution in [-0.2, 0) is 6.67 Å². The highest BCUT2D eigenvalue weighted by Crippen LogP contribution is 2.16. The van der Waals surface area contributed by atoms with Crippen LogP contribution in [0.4, 0.5) is 0 Å². The Bertz CT molecular complexity index is 435. The van der Waals surface area contributed by atoms with Gasteiger partial charge in [0.25, 0.3) is 0 Å². The van der Waals surface area contributed by atoms with E-state index in [0.717, 1.165) is 6.67 Å². The monoisotopic (exact) mass is 232 g/mol. The summed E-state index contributed by atoms with van der Waals surface area (Å²) in [5.74, 6) is 0.979. The van der Waals surface area contributed by atoms with E-state index < -0.39 is 0 Å². The van der Waals surface area contributed by atoms with E-state index in [9.17, 15) is 0 Å². The Morgan fingerprint density at radius 3 is 1.65 bits per heavy atom. The quantitative estimate of drug-likeness (QED) is 0.812. The summed E-state index contributed by atoms with van der Waals surface area (Å²) in [7, 11) is 0. The standard InChI is InChI=1S/C13H20N4/c1-10(2)12-5-14-7-16(12)9-17-8-15-6-13(17)11(3)4/h5-8,10-11H,9H2,1-4H3. The van der Waals surface area contributed by atoms with Gasteiger partial charge in [-0.05, 0) is 11.8 Å². The van der Waals surface area contributed by atoms with Gasteiger partial charge in [0.05, 0.1) is 12.7 Å². The van der Waals surface area contributed by atoms with E-state index >= 15 is 0 Å². The molecule has 2 aromatic heterocycles. The molecule has 0 N–H and O–H groups in total. The molecule has 0 amide bonds. The molecule has 0 bridgehead atoms. The first-order valence-corrected chi connectivity index (χ1v) is 6.09. The minimum atomic E-state index is 0.489. The Hall–Kier alpha value is -1.58. The van der Waals surface area contributed by atoms with Gasteiger partial charge in [-0.1, -0.05) is 27.7 Å². The fraction of sp³-hybridized carbons (Fsp3) is 0.538. The van der Waals surface area contributed by atoms with E-state index in [0.29, 0.717) is 11.8 Å². The van der Waals surface area contributed by atoms with Crippen LogP contribution in [0, 0.1) is 0 Å². The highest BCUT2D eigenvalue weighted by atomic mass is 15.2. The van der Waals surface area contributed by atoms with E-state index in [4.69, 9.17) is 0 Å². The van der Waals surface area contributed by atoms with Crippen LogP contribution in [0.2, 0.25) is 0 Å². The van der Waals surface area contributed by atoms with Gasteiger partial charge in [-0.15, -0.1) is 0 Å². The molecule has 0 aliphatic carbocycles.